The summed E-state index contributed by atoms with van der Waals surface area (Å²) in [5, 5.41) is 2.90. The first-order chi connectivity index (χ1) is 10.1. The number of methoxy groups -OCH3 is 1. The minimum atomic E-state index is -0.413. The van der Waals surface area contributed by atoms with Gasteiger partial charge in [0.15, 0.2) is 0 Å². The average Bonchev–Trinajstić information content (AvgIpc) is 3.29. The van der Waals surface area contributed by atoms with Gasteiger partial charge in [-0.2, -0.15) is 0 Å². The number of carbonyl (C=O) groups is 2. The second-order valence-corrected chi connectivity index (χ2v) is 5.82. The van der Waals surface area contributed by atoms with E-state index >= 15 is 0 Å². The topological polar surface area (TPSA) is 58.6 Å². The number of hydrogen-bond acceptors (Lipinski definition) is 3. The van der Waals surface area contributed by atoms with Crippen molar-refractivity contribution in [3.05, 3.63) is 29.8 Å². The molecule has 1 aliphatic heterocycles. The van der Waals surface area contributed by atoms with Gasteiger partial charge in [0.25, 0.3) is 5.91 Å². The second kappa shape index (κ2) is 5.48. The van der Waals surface area contributed by atoms with E-state index in [9.17, 15) is 9.59 Å². The zero-order chi connectivity index (χ0) is 15.0. The fourth-order valence-electron chi connectivity index (χ4n) is 2.94. The lowest BCUT2D eigenvalue weighted by Crippen LogP contribution is -2.51. The molecule has 112 valence electrons. The monoisotopic (exact) mass is 288 g/mol. The van der Waals surface area contributed by atoms with Gasteiger partial charge in [-0.1, -0.05) is 12.1 Å². The minimum Gasteiger partial charge on any atom is -0.383 e. The molecule has 2 unspecified atom stereocenters. The van der Waals surface area contributed by atoms with Crippen LogP contribution in [0.25, 0.3) is 0 Å². The van der Waals surface area contributed by atoms with E-state index in [4.69, 9.17) is 4.74 Å². The third-order valence-electron chi connectivity index (χ3n) is 4.14. The maximum absolute atomic E-state index is 12.9. The lowest BCUT2D eigenvalue weighted by atomic mass is 10.1. The summed E-state index contributed by atoms with van der Waals surface area (Å²) >= 11 is 0. The van der Waals surface area contributed by atoms with Crippen LogP contribution < -0.4 is 10.2 Å². The van der Waals surface area contributed by atoms with Gasteiger partial charge in [-0.25, -0.2) is 0 Å². The predicted octanol–water partition coefficient (Wildman–Crippen LogP) is 1.58. The van der Waals surface area contributed by atoms with E-state index in [2.05, 4.69) is 5.32 Å². The van der Waals surface area contributed by atoms with Gasteiger partial charge >= 0.3 is 0 Å². The van der Waals surface area contributed by atoms with E-state index in [-0.39, 0.29) is 23.8 Å². The van der Waals surface area contributed by atoms with Crippen molar-refractivity contribution in [1.82, 2.24) is 5.32 Å². The summed E-state index contributed by atoms with van der Waals surface area (Å²) in [5.74, 6) is 0.0799. The molecule has 1 aromatic rings. The van der Waals surface area contributed by atoms with Crippen LogP contribution in [0.4, 0.5) is 5.69 Å². The maximum Gasteiger partial charge on any atom is 0.254 e. The second-order valence-electron chi connectivity index (χ2n) is 5.82. The van der Waals surface area contributed by atoms with Gasteiger partial charge < -0.3 is 15.0 Å². The summed E-state index contributed by atoms with van der Waals surface area (Å²) < 4.78 is 5.20. The van der Waals surface area contributed by atoms with Crippen LogP contribution in [0.15, 0.2) is 24.3 Å². The summed E-state index contributed by atoms with van der Waals surface area (Å²) in [7, 11) is 1.62. The fraction of sp³-hybridized carbons (Fsp3) is 0.500. The third kappa shape index (κ3) is 2.53. The highest BCUT2D eigenvalue weighted by Gasteiger charge is 2.43. The highest BCUT2D eigenvalue weighted by atomic mass is 16.5. The molecule has 5 nitrogen and oxygen atoms in total. The first kappa shape index (κ1) is 14.1. The molecule has 0 radical (unpaired) electrons. The Bertz CT molecular complexity index is 568. The van der Waals surface area contributed by atoms with Crippen LogP contribution >= 0.6 is 0 Å². The Morgan fingerprint density at radius 3 is 2.71 bits per heavy atom. The van der Waals surface area contributed by atoms with Gasteiger partial charge in [0.2, 0.25) is 5.91 Å². The number of amides is 2. The van der Waals surface area contributed by atoms with Crippen molar-refractivity contribution in [2.24, 2.45) is 5.92 Å². The fourth-order valence-corrected chi connectivity index (χ4v) is 2.94. The molecule has 2 atom stereocenters. The Morgan fingerprint density at radius 1 is 1.33 bits per heavy atom. The Balaban J connectivity index is 2.04. The van der Waals surface area contributed by atoms with Crippen LogP contribution in [-0.4, -0.2) is 37.6 Å². The van der Waals surface area contributed by atoms with Crippen LogP contribution in [0, 0.1) is 5.92 Å². The van der Waals surface area contributed by atoms with E-state index < -0.39 is 6.04 Å². The molecule has 0 bridgehead atoms. The highest BCUT2D eigenvalue weighted by Crippen LogP contribution is 2.36. The molecule has 2 aliphatic rings. The quantitative estimate of drug-likeness (QED) is 0.915. The van der Waals surface area contributed by atoms with Crippen LogP contribution in [0.3, 0.4) is 0 Å². The largest absolute Gasteiger partial charge is 0.383 e. The van der Waals surface area contributed by atoms with Crippen LogP contribution in [-0.2, 0) is 9.53 Å². The number of ether oxygens (including phenoxy) is 1. The van der Waals surface area contributed by atoms with E-state index in [1.165, 1.54) is 0 Å². The molecule has 3 rings (SSSR count). The van der Waals surface area contributed by atoms with E-state index in [1.807, 2.05) is 25.1 Å². The first-order valence-electron chi connectivity index (χ1n) is 7.35. The van der Waals surface area contributed by atoms with Gasteiger partial charge in [0, 0.05) is 7.11 Å². The Hall–Kier alpha value is -1.88. The number of para-hydroxylation sites is 1. The number of fused-ring (bicyclic) bond motifs is 1. The molecular formula is C16H20N2O3. The number of nitrogens with one attached hydrogen (secondary N) is 1. The number of hydrogen-bond donors (Lipinski definition) is 1. The molecule has 1 aromatic carbocycles. The number of benzene rings is 1. The van der Waals surface area contributed by atoms with Crippen molar-refractivity contribution >= 4 is 17.5 Å². The zero-order valence-corrected chi connectivity index (χ0v) is 12.3. The van der Waals surface area contributed by atoms with Gasteiger partial charge in [0.05, 0.1) is 23.9 Å². The summed E-state index contributed by atoms with van der Waals surface area (Å²) in [4.78, 5) is 27.0. The SMILES string of the molecule is COCC(C)N1C(=O)C(C2CC2)NC(=O)c2ccccc21. The molecule has 1 saturated carbocycles. The van der Waals surface area contributed by atoms with Crippen LogP contribution in [0.1, 0.15) is 30.1 Å². The standard InChI is InChI=1S/C16H20N2O3/c1-10(9-21-2)18-13-6-4-3-5-12(13)15(19)17-14(16(18)20)11-7-8-11/h3-6,10-11,14H,7-9H2,1-2H3,(H,17,19). The summed E-state index contributed by atoms with van der Waals surface area (Å²) in [5.41, 5.74) is 1.23. The first-order valence-corrected chi connectivity index (χ1v) is 7.35. The number of rotatable bonds is 4. The summed E-state index contributed by atoms with van der Waals surface area (Å²) in [6.07, 6.45) is 2.00. The molecule has 5 heteroatoms. The Kier molecular flexibility index (Phi) is 3.68. The number of anilines is 1. The lowest BCUT2D eigenvalue weighted by molar-refractivity contribution is -0.121. The lowest BCUT2D eigenvalue weighted by Gasteiger charge is -2.30. The van der Waals surface area contributed by atoms with E-state index in [0.29, 0.717) is 17.9 Å². The van der Waals surface area contributed by atoms with Gasteiger partial charge in [0.1, 0.15) is 6.04 Å². The van der Waals surface area contributed by atoms with E-state index in [0.717, 1.165) is 12.8 Å². The molecule has 1 N–H and O–H groups in total. The molecule has 1 aliphatic carbocycles. The maximum atomic E-state index is 12.9. The third-order valence-corrected chi connectivity index (χ3v) is 4.14. The van der Waals surface area contributed by atoms with Crippen molar-refractivity contribution in [2.75, 3.05) is 18.6 Å². The Labute approximate surface area is 124 Å². The minimum absolute atomic E-state index is 0.0275. The molecule has 2 amide bonds. The number of carbonyl (C=O) groups excluding carboxylic acids is 2. The highest BCUT2D eigenvalue weighted by molar-refractivity contribution is 6.11. The van der Waals surface area contributed by atoms with Crippen LogP contribution in [0.5, 0.6) is 0 Å². The molecular weight excluding hydrogens is 268 g/mol. The molecule has 1 fully saturated rings. The van der Waals surface area contributed by atoms with Gasteiger partial charge in [-0.05, 0) is 37.8 Å². The van der Waals surface area contributed by atoms with E-state index in [1.54, 1.807) is 18.1 Å². The average molecular weight is 288 g/mol. The molecule has 0 spiro atoms. The van der Waals surface area contributed by atoms with Gasteiger partial charge in [-0.15, -0.1) is 0 Å². The van der Waals surface area contributed by atoms with Crippen LogP contribution in [0.2, 0.25) is 0 Å². The van der Waals surface area contributed by atoms with Crippen molar-refractivity contribution < 1.29 is 14.3 Å². The summed E-state index contributed by atoms with van der Waals surface area (Å²) in [6.45, 7) is 2.38. The molecule has 21 heavy (non-hydrogen) atoms. The molecule has 0 aromatic heterocycles. The van der Waals surface area contributed by atoms with Crippen molar-refractivity contribution in [3.63, 3.8) is 0 Å². The Morgan fingerprint density at radius 2 is 2.05 bits per heavy atom. The molecule has 1 heterocycles. The summed E-state index contributed by atoms with van der Waals surface area (Å²) in [6, 6.07) is 6.73. The smallest absolute Gasteiger partial charge is 0.254 e. The van der Waals surface area contributed by atoms with Gasteiger partial charge in [-0.3, -0.25) is 9.59 Å². The number of nitrogens with zero attached hydrogens (tertiary/aromatic N) is 1. The zero-order valence-electron chi connectivity index (χ0n) is 12.3. The van der Waals surface area contributed by atoms with Crippen molar-refractivity contribution in [3.8, 4) is 0 Å². The molecule has 0 saturated heterocycles. The normalized spacial score (nSPS) is 23.3. The predicted molar refractivity (Wildman–Crippen MR) is 79.2 cm³/mol. The van der Waals surface area contributed by atoms with Crippen molar-refractivity contribution in [1.29, 1.82) is 0 Å². The van der Waals surface area contributed by atoms with Crippen molar-refractivity contribution in [2.45, 2.75) is 31.8 Å².